The van der Waals surface area contributed by atoms with Gasteiger partial charge in [-0.25, -0.2) is 0 Å². The number of rotatable bonds is 5. The summed E-state index contributed by atoms with van der Waals surface area (Å²) < 4.78 is 0. The quantitative estimate of drug-likeness (QED) is 0.757. The van der Waals surface area contributed by atoms with Gasteiger partial charge in [0.2, 0.25) is 5.91 Å². The lowest BCUT2D eigenvalue weighted by Crippen LogP contribution is -2.27. The molecule has 0 aliphatic carbocycles. The molecule has 0 saturated carbocycles. The van der Waals surface area contributed by atoms with Gasteiger partial charge in [0.05, 0.1) is 5.88 Å². The van der Waals surface area contributed by atoms with Crippen molar-refractivity contribution < 1.29 is 4.79 Å². The van der Waals surface area contributed by atoms with Crippen molar-refractivity contribution in [2.75, 3.05) is 18.2 Å². The maximum Gasteiger partial charge on any atom is 0.223 e. The van der Waals surface area contributed by atoms with Crippen LogP contribution in [0.2, 0.25) is 10.0 Å². The van der Waals surface area contributed by atoms with Crippen LogP contribution in [0.1, 0.15) is 24.8 Å². The Labute approximate surface area is 128 Å². The van der Waals surface area contributed by atoms with E-state index in [4.69, 9.17) is 23.2 Å². The van der Waals surface area contributed by atoms with Gasteiger partial charge in [-0.3, -0.25) is 4.79 Å². The molecular formula is C14H17Cl2NOS. The van der Waals surface area contributed by atoms with E-state index >= 15 is 0 Å². The Balaban J connectivity index is 1.70. The number of nitrogens with zero attached hydrogens (tertiary/aromatic N) is 1. The molecule has 0 bridgehead atoms. The highest BCUT2D eigenvalue weighted by atomic mass is 35.5. The van der Waals surface area contributed by atoms with Crippen LogP contribution in [0.5, 0.6) is 0 Å². The SMILES string of the molecule is O=C(CCCCc1ccc(Cl)cc1Cl)N1CCSC1. The zero-order valence-electron chi connectivity index (χ0n) is 10.7. The number of aryl methyl sites for hydroxylation is 1. The largest absolute Gasteiger partial charge is 0.333 e. The molecule has 1 aliphatic heterocycles. The number of hydrogen-bond donors (Lipinski definition) is 0. The molecule has 0 radical (unpaired) electrons. The fraction of sp³-hybridized carbons (Fsp3) is 0.500. The highest BCUT2D eigenvalue weighted by Crippen LogP contribution is 2.23. The van der Waals surface area contributed by atoms with Gasteiger partial charge in [-0.05, 0) is 37.0 Å². The van der Waals surface area contributed by atoms with Crippen LogP contribution in [-0.4, -0.2) is 29.0 Å². The maximum atomic E-state index is 11.8. The van der Waals surface area contributed by atoms with Crippen molar-refractivity contribution in [3.05, 3.63) is 33.8 Å². The van der Waals surface area contributed by atoms with E-state index in [1.54, 1.807) is 6.07 Å². The number of halogens is 2. The summed E-state index contributed by atoms with van der Waals surface area (Å²) in [4.78, 5) is 13.8. The van der Waals surface area contributed by atoms with E-state index < -0.39 is 0 Å². The lowest BCUT2D eigenvalue weighted by Gasteiger charge is -2.14. The molecule has 19 heavy (non-hydrogen) atoms. The average Bonchev–Trinajstić information content (AvgIpc) is 2.90. The summed E-state index contributed by atoms with van der Waals surface area (Å²) in [5.74, 6) is 2.22. The van der Waals surface area contributed by atoms with Crippen molar-refractivity contribution in [3.63, 3.8) is 0 Å². The van der Waals surface area contributed by atoms with E-state index in [9.17, 15) is 4.79 Å². The molecule has 2 nitrogen and oxygen atoms in total. The van der Waals surface area contributed by atoms with Crippen molar-refractivity contribution in [1.82, 2.24) is 4.90 Å². The van der Waals surface area contributed by atoms with Gasteiger partial charge in [0, 0.05) is 28.8 Å². The summed E-state index contributed by atoms with van der Waals surface area (Å²) in [6, 6.07) is 5.59. The fourth-order valence-electron chi connectivity index (χ4n) is 2.08. The third-order valence-electron chi connectivity index (χ3n) is 3.21. The van der Waals surface area contributed by atoms with Crippen LogP contribution >= 0.6 is 35.0 Å². The lowest BCUT2D eigenvalue weighted by atomic mass is 10.1. The minimum atomic E-state index is 0.284. The second-order valence-corrected chi connectivity index (χ2v) is 6.56. The van der Waals surface area contributed by atoms with Crippen LogP contribution in [0.25, 0.3) is 0 Å². The topological polar surface area (TPSA) is 20.3 Å². The third kappa shape index (κ3) is 4.59. The standard InChI is InChI=1S/C14H17Cl2NOS/c15-12-6-5-11(13(16)9-12)3-1-2-4-14(18)17-7-8-19-10-17/h5-6,9H,1-4,7-8,10H2. The maximum absolute atomic E-state index is 11.8. The smallest absolute Gasteiger partial charge is 0.223 e. The molecule has 1 aliphatic rings. The molecule has 0 spiro atoms. The van der Waals surface area contributed by atoms with Crippen LogP contribution < -0.4 is 0 Å². The average molecular weight is 318 g/mol. The van der Waals surface area contributed by atoms with Crippen LogP contribution in [-0.2, 0) is 11.2 Å². The molecule has 0 aromatic heterocycles. The first-order valence-electron chi connectivity index (χ1n) is 6.46. The molecule has 0 unspecified atom stereocenters. The number of hydrogen-bond acceptors (Lipinski definition) is 2. The molecule has 5 heteroatoms. The molecule has 0 atom stereocenters. The molecule has 1 aromatic carbocycles. The van der Waals surface area contributed by atoms with Gasteiger partial charge in [-0.15, -0.1) is 11.8 Å². The van der Waals surface area contributed by atoms with Gasteiger partial charge in [-0.1, -0.05) is 29.3 Å². The first-order chi connectivity index (χ1) is 9.16. The Morgan fingerprint density at radius 2 is 2.16 bits per heavy atom. The Bertz CT molecular complexity index is 447. The van der Waals surface area contributed by atoms with Gasteiger partial charge in [0.15, 0.2) is 0 Å². The summed E-state index contributed by atoms with van der Waals surface area (Å²) in [5, 5.41) is 1.38. The predicted octanol–water partition coefficient (Wildman–Crippen LogP) is 4.24. The van der Waals surface area contributed by atoms with Crippen molar-refractivity contribution in [3.8, 4) is 0 Å². The zero-order valence-corrected chi connectivity index (χ0v) is 13.0. The molecule has 0 N–H and O–H groups in total. The zero-order chi connectivity index (χ0) is 13.7. The first kappa shape index (κ1) is 15.0. The highest BCUT2D eigenvalue weighted by Gasteiger charge is 2.17. The minimum Gasteiger partial charge on any atom is -0.333 e. The Morgan fingerprint density at radius 1 is 1.32 bits per heavy atom. The summed E-state index contributed by atoms with van der Waals surface area (Å²) in [6.07, 6.45) is 3.44. The van der Waals surface area contributed by atoms with Gasteiger partial charge in [0.1, 0.15) is 0 Å². The van der Waals surface area contributed by atoms with Crippen LogP contribution in [0, 0.1) is 0 Å². The van der Waals surface area contributed by atoms with E-state index in [1.165, 1.54) is 0 Å². The monoisotopic (exact) mass is 317 g/mol. The lowest BCUT2D eigenvalue weighted by molar-refractivity contribution is -0.129. The number of benzene rings is 1. The molecule has 1 fully saturated rings. The van der Waals surface area contributed by atoms with Crippen molar-refractivity contribution in [2.45, 2.75) is 25.7 Å². The molecule has 1 aromatic rings. The number of thioether (sulfide) groups is 1. The van der Waals surface area contributed by atoms with E-state index in [0.29, 0.717) is 11.4 Å². The Hall–Kier alpha value is -0.380. The number of unbranched alkanes of at least 4 members (excludes halogenated alkanes) is 1. The second kappa shape index (κ2) is 7.41. The van der Waals surface area contributed by atoms with E-state index in [1.807, 2.05) is 28.8 Å². The number of amides is 1. The van der Waals surface area contributed by atoms with E-state index in [-0.39, 0.29) is 5.91 Å². The Kier molecular flexibility index (Phi) is 5.86. The second-order valence-electron chi connectivity index (χ2n) is 4.64. The number of carbonyl (C=O) groups is 1. The first-order valence-corrected chi connectivity index (χ1v) is 8.37. The van der Waals surface area contributed by atoms with Crippen molar-refractivity contribution in [1.29, 1.82) is 0 Å². The summed E-state index contributed by atoms with van der Waals surface area (Å²) in [7, 11) is 0. The molecular weight excluding hydrogens is 301 g/mol. The highest BCUT2D eigenvalue weighted by molar-refractivity contribution is 7.99. The van der Waals surface area contributed by atoms with Gasteiger partial charge >= 0.3 is 0 Å². The Morgan fingerprint density at radius 3 is 2.84 bits per heavy atom. The van der Waals surface area contributed by atoms with Crippen LogP contribution in [0.4, 0.5) is 0 Å². The summed E-state index contributed by atoms with van der Waals surface area (Å²) in [5.41, 5.74) is 1.11. The molecule has 104 valence electrons. The third-order valence-corrected chi connectivity index (χ3v) is 4.76. The predicted molar refractivity (Wildman–Crippen MR) is 83.1 cm³/mol. The molecule has 2 rings (SSSR count). The van der Waals surface area contributed by atoms with Crippen LogP contribution in [0.15, 0.2) is 18.2 Å². The van der Waals surface area contributed by atoms with Crippen molar-refractivity contribution >= 4 is 40.9 Å². The summed E-state index contributed by atoms with van der Waals surface area (Å²) in [6.45, 7) is 0.909. The molecule has 1 heterocycles. The number of carbonyl (C=O) groups excluding carboxylic acids is 1. The van der Waals surface area contributed by atoms with Gasteiger partial charge < -0.3 is 4.90 Å². The molecule has 1 saturated heterocycles. The summed E-state index contributed by atoms with van der Waals surface area (Å²) >= 11 is 13.8. The van der Waals surface area contributed by atoms with E-state index in [2.05, 4.69) is 0 Å². The molecule has 1 amide bonds. The van der Waals surface area contributed by atoms with Crippen LogP contribution in [0.3, 0.4) is 0 Å². The van der Waals surface area contributed by atoms with E-state index in [0.717, 1.165) is 48.0 Å². The normalized spacial score (nSPS) is 14.9. The van der Waals surface area contributed by atoms with Crippen molar-refractivity contribution in [2.24, 2.45) is 0 Å². The minimum absolute atomic E-state index is 0.284. The van der Waals surface area contributed by atoms with Gasteiger partial charge in [0.25, 0.3) is 0 Å². The fourth-order valence-corrected chi connectivity index (χ4v) is 3.56. The van der Waals surface area contributed by atoms with Gasteiger partial charge in [-0.2, -0.15) is 0 Å².